The maximum atomic E-state index is 14.5. The summed E-state index contributed by atoms with van der Waals surface area (Å²) in [5.74, 6) is -1.74. The first-order valence-electron chi connectivity index (χ1n) is 21.3. The smallest absolute Gasteiger partial charge is 0.245 e. The molecule has 4 N–H and O–H groups in total. The number of aliphatic hydroxyl groups is 1. The summed E-state index contributed by atoms with van der Waals surface area (Å²) in [6.07, 6.45) is -0.00835. The molecular weight excluding hydrogens is 751 g/mol. The van der Waals surface area contributed by atoms with Crippen molar-refractivity contribution in [2.45, 2.75) is 136 Å². The maximum Gasteiger partial charge on any atom is 0.245 e. The number of rotatable bonds is 22. The van der Waals surface area contributed by atoms with Gasteiger partial charge in [-0.2, -0.15) is 0 Å². The fourth-order valence-corrected chi connectivity index (χ4v) is 8.65. The van der Waals surface area contributed by atoms with E-state index in [2.05, 4.69) is 10.6 Å². The maximum absolute atomic E-state index is 14.5. The predicted octanol–water partition coefficient (Wildman–Crippen LogP) is 5.15. The second kappa shape index (κ2) is 23.1. The van der Waals surface area contributed by atoms with Crippen molar-refractivity contribution in [2.24, 2.45) is 23.7 Å². The lowest BCUT2D eigenvalue weighted by molar-refractivity contribution is -0.148. The zero-order chi connectivity index (χ0) is 44.1. The summed E-state index contributed by atoms with van der Waals surface area (Å²) in [4.78, 5) is 61.7. The van der Waals surface area contributed by atoms with Gasteiger partial charge >= 0.3 is 0 Å². The molecule has 0 saturated carbocycles. The lowest BCUT2D eigenvalue weighted by Crippen LogP contribution is -2.60. The van der Waals surface area contributed by atoms with Gasteiger partial charge in [0.05, 0.1) is 54.8 Å². The Hall–Kier alpha value is -4.04. The molecule has 13 heteroatoms. The third-order valence-corrected chi connectivity index (χ3v) is 12.2. The van der Waals surface area contributed by atoms with E-state index in [0.29, 0.717) is 31.5 Å². The zero-order valence-corrected chi connectivity index (χ0v) is 37.6. The number of ether oxygens (including phenoxy) is 2. The van der Waals surface area contributed by atoms with E-state index in [4.69, 9.17) is 9.47 Å². The Balaban J connectivity index is 1.77. The Morgan fingerprint density at radius 1 is 0.864 bits per heavy atom. The number of nitrogens with zero attached hydrogens (tertiary/aromatic N) is 3. The highest BCUT2D eigenvalue weighted by Gasteiger charge is 2.43. The number of carbonyl (C=O) groups is 4. The third kappa shape index (κ3) is 13.0. The van der Waals surface area contributed by atoms with E-state index in [1.807, 2.05) is 96.0 Å². The van der Waals surface area contributed by atoms with Crippen LogP contribution in [0.3, 0.4) is 0 Å². The Morgan fingerprint density at radius 3 is 2.03 bits per heavy atom. The number of phenols is 1. The fourth-order valence-electron chi connectivity index (χ4n) is 8.65. The van der Waals surface area contributed by atoms with Gasteiger partial charge in [0, 0.05) is 34.4 Å². The standard InChI is InChI=1S/C46H73N5O8/c1-13-30(6)41(50(10)46(57)39(28(2)3)48-45(56)40(29(4)5)49(9)27-33-21-23-35(52)24-22-33)37(58-11)26-38(53)51-25-17-20-36(51)43(59-12)31(7)44(55)47-32(8)42(54)34-18-15-14-16-19-34/h14-16,18-19,21-24,28-32,36-37,39-43,52,54H,13,17,20,25-27H2,1-12H3,(H,47,55)(H,48,56)/t30-,31?,32?,36?,37+,39+,40?,41-,42+,43-/m0/s1. The van der Waals surface area contributed by atoms with E-state index in [9.17, 15) is 29.4 Å². The molecule has 1 saturated heterocycles. The van der Waals surface area contributed by atoms with Crippen LogP contribution in [0, 0.1) is 23.7 Å². The number of phenolic OH excluding ortho intramolecular Hbond substituents is 1. The average molecular weight is 824 g/mol. The van der Waals surface area contributed by atoms with E-state index in [1.165, 1.54) is 0 Å². The van der Waals surface area contributed by atoms with Crippen LogP contribution in [0.1, 0.15) is 98.3 Å². The molecular formula is C46H73N5O8. The number of amides is 4. The molecule has 3 rings (SSSR count). The first-order valence-corrected chi connectivity index (χ1v) is 21.3. The number of benzene rings is 2. The van der Waals surface area contributed by atoms with Gasteiger partial charge in [0.15, 0.2) is 0 Å². The SMILES string of the molecule is CC[C@H](C)[C@@H]([C@@H](CC(=O)N1CCCC1[C@@H](OC)C(C)C(=O)NC(C)[C@@H](O)c1ccccc1)OC)N(C)C(=O)[C@H](NC(=O)C(C(C)C)N(C)Cc1ccc(O)cc1)C(C)C. The molecule has 0 aromatic heterocycles. The fraction of sp³-hybridized carbons (Fsp3) is 0.652. The van der Waals surface area contributed by atoms with Crippen molar-refractivity contribution in [1.82, 2.24) is 25.3 Å². The highest BCUT2D eigenvalue weighted by molar-refractivity contribution is 5.90. The van der Waals surface area contributed by atoms with Crippen molar-refractivity contribution in [1.29, 1.82) is 0 Å². The number of nitrogens with one attached hydrogen (secondary N) is 2. The minimum Gasteiger partial charge on any atom is -0.508 e. The molecule has 13 nitrogen and oxygen atoms in total. The number of aliphatic hydroxyl groups excluding tert-OH is 1. The summed E-state index contributed by atoms with van der Waals surface area (Å²) in [5.41, 5.74) is 1.65. The highest BCUT2D eigenvalue weighted by atomic mass is 16.5. The Labute approximate surface area is 353 Å². The van der Waals surface area contributed by atoms with Crippen LogP contribution in [-0.4, -0.2) is 126 Å². The van der Waals surface area contributed by atoms with Gasteiger partial charge in [0.25, 0.3) is 0 Å². The van der Waals surface area contributed by atoms with Crippen LogP contribution in [0.25, 0.3) is 0 Å². The van der Waals surface area contributed by atoms with Gasteiger partial charge in [-0.15, -0.1) is 0 Å². The molecule has 0 bridgehead atoms. The summed E-state index contributed by atoms with van der Waals surface area (Å²) < 4.78 is 12.0. The van der Waals surface area contributed by atoms with Crippen molar-refractivity contribution in [3.8, 4) is 5.75 Å². The Kier molecular flexibility index (Phi) is 19.3. The molecule has 4 unspecified atom stereocenters. The molecule has 59 heavy (non-hydrogen) atoms. The monoisotopic (exact) mass is 824 g/mol. The van der Waals surface area contributed by atoms with Gasteiger partial charge in [-0.3, -0.25) is 24.1 Å². The number of methoxy groups -OCH3 is 2. The molecule has 10 atom stereocenters. The van der Waals surface area contributed by atoms with Gasteiger partial charge in [0.2, 0.25) is 23.6 Å². The van der Waals surface area contributed by atoms with Crippen LogP contribution in [-0.2, 0) is 35.2 Å². The third-order valence-electron chi connectivity index (χ3n) is 12.2. The molecule has 2 aromatic carbocycles. The van der Waals surface area contributed by atoms with Gasteiger partial charge in [-0.25, -0.2) is 0 Å². The summed E-state index contributed by atoms with van der Waals surface area (Å²) in [5, 5.41) is 26.6. The topological polar surface area (TPSA) is 161 Å². The quantitative estimate of drug-likeness (QED) is 0.126. The zero-order valence-electron chi connectivity index (χ0n) is 37.6. The summed E-state index contributed by atoms with van der Waals surface area (Å²) in [6, 6.07) is 13.3. The van der Waals surface area contributed by atoms with Crippen molar-refractivity contribution in [2.75, 3.05) is 34.9 Å². The lowest BCUT2D eigenvalue weighted by Gasteiger charge is -2.41. The normalized spacial score (nSPS) is 19.1. The molecule has 1 aliphatic heterocycles. The molecule has 1 fully saturated rings. The summed E-state index contributed by atoms with van der Waals surface area (Å²) >= 11 is 0. The minimum absolute atomic E-state index is 0.00707. The predicted molar refractivity (Wildman–Crippen MR) is 230 cm³/mol. The number of hydrogen-bond donors (Lipinski definition) is 4. The van der Waals surface area contributed by atoms with Crippen LogP contribution >= 0.6 is 0 Å². The number of likely N-dealkylation sites (tertiary alicyclic amines) is 1. The lowest BCUT2D eigenvalue weighted by atomic mass is 9.89. The number of aromatic hydroxyl groups is 1. The van der Waals surface area contributed by atoms with Gasteiger partial charge in [-0.1, -0.05) is 97.4 Å². The van der Waals surface area contributed by atoms with E-state index in [-0.39, 0.29) is 59.6 Å². The molecule has 0 spiro atoms. The molecule has 0 aliphatic carbocycles. The first-order chi connectivity index (χ1) is 27.9. The Morgan fingerprint density at radius 2 is 1.49 bits per heavy atom. The van der Waals surface area contributed by atoms with Crippen molar-refractivity contribution in [3.05, 3.63) is 65.7 Å². The van der Waals surface area contributed by atoms with Crippen LogP contribution in [0.15, 0.2) is 54.6 Å². The largest absolute Gasteiger partial charge is 0.508 e. The first kappa shape index (κ1) is 49.3. The van der Waals surface area contributed by atoms with Gasteiger partial charge in [-0.05, 0) is 67.8 Å². The van der Waals surface area contributed by atoms with Crippen molar-refractivity contribution < 1.29 is 38.9 Å². The minimum atomic E-state index is -0.888. The molecule has 1 aliphatic rings. The number of carbonyl (C=O) groups excluding carboxylic acids is 4. The highest BCUT2D eigenvalue weighted by Crippen LogP contribution is 2.30. The molecule has 1 heterocycles. The van der Waals surface area contributed by atoms with E-state index in [1.54, 1.807) is 57.0 Å². The molecule has 0 radical (unpaired) electrons. The second-order valence-corrected chi connectivity index (χ2v) is 17.2. The van der Waals surface area contributed by atoms with Gasteiger partial charge in [0.1, 0.15) is 11.8 Å². The number of hydrogen-bond acceptors (Lipinski definition) is 9. The van der Waals surface area contributed by atoms with Crippen LogP contribution in [0.5, 0.6) is 5.75 Å². The van der Waals surface area contributed by atoms with E-state index < -0.39 is 48.4 Å². The van der Waals surface area contributed by atoms with Crippen LogP contribution in [0.2, 0.25) is 0 Å². The van der Waals surface area contributed by atoms with E-state index >= 15 is 0 Å². The molecule has 2 aromatic rings. The number of likely N-dealkylation sites (N-methyl/N-ethyl adjacent to an activating group) is 2. The summed E-state index contributed by atoms with van der Waals surface area (Å²) in [7, 11) is 6.71. The molecule has 330 valence electrons. The summed E-state index contributed by atoms with van der Waals surface area (Å²) in [6.45, 7) is 16.4. The van der Waals surface area contributed by atoms with Crippen molar-refractivity contribution in [3.63, 3.8) is 0 Å². The Bertz CT molecular complexity index is 1620. The van der Waals surface area contributed by atoms with Crippen molar-refractivity contribution >= 4 is 23.6 Å². The second-order valence-electron chi connectivity index (χ2n) is 17.2. The van der Waals surface area contributed by atoms with E-state index in [0.717, 1.165) is 12.0 Å². The average Bonchev–Trinajstić information content (AvgIpc) is 3.69. The van der Waals surface area contributed by atoms with Crippen LogP contribution < -0.4 is 10.6 Å². The molecule has 4 amide bonds. The van der Waals surface area contributed by atoms with Gasteiger partial charge < -0.3 is 40.1 Å². The van der Waals surface area contributed by atoms with Crippen LogP contribution in [0.4, 0.5) is 0 Å².